The number of rotatable bonds is 3. The highest BCUT2D eigenvalue weighted by Gasteiger charge is 2.31. The number of carbonyl (C=O) groups is 1. The summed E-state index contributed by atoms with van der Waals surface area (Å²) < 4.78 is 18.7. The minimum atomic E-state index is -0.367. The van der Waals surface area contributed by atoms with Gasteiger partial charge in [0.05, 0.1) is 18.2 Å². The third-order valence-electron chi connectivity index (χ3n) is 5.49. The molecular weight excluding hydrogens is 381 g/mol. The van der Waals surface area contributed by atoms with Crippen LogP contribution in [0, 0.1) is 5.82 Å². The summed E-state index contributed by atoms with van der Waals surface area (Å²) in [5, 5.41) is 0.967. The lowest BCUT2D eigenvalue weighted by Crippen LogP contribution is -2.38. The van der Waals surface area contributed by atoms with E-state index in [0.29, 0.717) is 23.5 Å². The van der Waals surface area contributed by atoms with E-state index in [1.54, 1.807) is 7.11 Å². The van der Waals surface area contributed by atoms with E-state index in [9.17, 15) is 9.18 Å². The van der Waals surface area contributed by atoms with E-state index >= 15 is 0 Å². The first-order chi connectivity index (χ1) is 14.6. The van der Waals surface area contributed by atoms with Crippen LogP contribution in [0.5, 0.6) is 5.75 Å². The van der Waals surface area contributed by atoms with Crippen molar-refractivity contribution < 1.29 is 13.9 Å². The standard InChI is InChI=1S/C24H20FN3O2/c1-30-19-9-6-16-12-17-13-20(22(29)15-4-7-18(25)8-5-15)24-26-10-2-3-11-28(24)23(17)27-21(16)14-19/h4-9,12-14H,2-3,10-11H2,1H3. The SMILES string of the molecule is COc1ccc2cc3c(nc2c1)N1CCCCN=C1C(C(=O)c1ccc(F)cc1)=C3. The van der Waals surface area contributed by atoms with Crippen molar-refractivity contribution in [1.82, 2.24) is 4.98 Å². The fourth-order valence-corrected chi connectivity index (χ4v) is 3.94. The Morgan fingerprint density at radius 2 is 1.93 bits per heavy atom. The molecule has 0 aliphatic carbocycles. The molecule has 0 saturated carbocycles. The van der Waals surface area contributed by atoms with E-state index in [4.69, 9.17) is 14.7 Å². The Balaban J connectivity index is 1.68. The number of anilines is 1. The first-order valence-corrected chi connectivity index (χ1v) is 9.97. The van der Waals surface area contributed by atoms with Crippen molar-refractivity contribution in [2.75, 3.05) is 25.1 Å². The summed E-state index contributed by atoms with van der Waals surface area (Å²) in [4.78, 5) is 24.9. The predicted octanol–water partition coefficient (Wildman–Crippen LogP) is 4.66. The minimum Gasteiger partial charge on any atom is -0.497 e. The number of ether oxygens (including phenoxy) is 1. The molecule has 2 aliphatic rings. The highest BCUT2D eigenvalue weighted by molar-refractivity contribution is 6.35. The lowest BCUT2D eigenvalue weighted by Gasteiger charge is -2.30. The van der Waals surface area contributed by atoms with Gasteiger partial charge >= 0.3 is 0 Å². The Hall–Kier alpha value is -3.54. The number of hydrogen-bond acceptors (Lipinski definition) is 5. The molecular formula is C24H20FN3O2. The zero-order chi connectivity index (χ0) is 20.7. The molecule has 0 spiro atoms. The number of amidine groups is 1. The monoisotopic (exact) mass is 401 g/mol. The third-order valence-corrected chi connectivity index (χ3v) is 5.49. The summed E-state index contributed by atoms with van der Waals surface area (Å²) >= 11 is 0. The number of nitrogens with zero attached hydrogens (tertiary/aromatic N) is 3. The van der Waals surface area contributed by atoms with Crippen LogP contribution in [0.25, 0.3) is 17.0 Å². The molecule has 0 radical (unpaired) electrons. The molecule has 150 valence electrons. The number of benzene rings is 2. The number of aromatic nitrogens is 1. The van der Waals surface area contributed by atoms with Crippen molar-refractivity contribution in [3.8, 4) is 5.75 Å². The number of fused-ring (bicyclic) bond motifs is 4. The van der Waals surface area contributed by atoms with Crippen molar-refractivity contribution in [3.63, 3.8) is 0 Å². The Bertz CT molecular complexity index is 1220. The van der Waals surface area contributed by atoms with Gasteiger partial charge in [0.2, 0.25) is 0 Å². The lowest BCUT2D eigenvalue weighted by molar-refractivity contribution is 0.104. The maximum Gasteiger partial charge on any atom is 0.196 e. The van der Waals surface area contributed by atoms with Crippen LogP contribution in [0.1, 0.15) is 28.8 Å². The van der Waals surface area contributed by atoms with Crippen LogP contribution < -0.4 is 9.64 Å². The van der Waals surface area contributed by atoms with Gasteiger partial charge in [-0.3, -0.25) is 9.79 Å². The van der Waals surface area contributed by atoms with Crippen LogP contribution in [0.15, 0.2) is 59.1 Å². The summed E-state index contributed by atoms with van der Waals surface area (Å²) in [6, 6.07) is 13.4. The second kappa shape index (κ2) is 7.37. The van der Waals surface area contributed by atoms with E-state index in [0.717, 1.165) is 47.4 Å². The van der Waals surface area contributed by atoms with E-state index in [1.807, 2.05) is 35.2 Å². The van der Waals surface area contributed by atoms with Crippen LogP contribution in [0.3, 0.4) is 0 Å². The summed E-state index contributed by atoms with van der Waals surface area (Å²) in [7, 11) is 1.63. The average Bonchev–Trinajstić information content (AvgIpc) is 3.03. The first kappa shape index (κ1) is 18.5. The number of halogens is 1. The van der Waals surface area contributed by atoms with Gasteiger partial charge in [0, 0.05) is 35.7 Å². The highest BCUT2D eigenvalue weighted by Crippen LogP contribution is 2.34. The molecule has 0 bridgehead atoms. The maximum atomic E-state index is 13.3. The largest absolute Gasteiger partial charge is 0.497 e. The van der Waals surface area contributed by atoms with E-state index in [2.05, 4.69) is 0 Å². The fourth-order valence-electron chi connectivity index (χ4n) is 3.94. The van der Waals surface area contributed by atoms with Gasteiger partial charge < -0.3 is 9.64 Å². The van der Waals surface area contributed by atoms with Crippen molar-refractivity contribution in [2.45, 2.75) is 12.8 Å². The van der Waals surface area contributed by atoms with Crippen molar-refractivity contribution in [3.05, 3.63) is 71.0 Å². The number of aliphatic imine (C=N–C) groups is 1. The topological polar surface area (TPSA) is 54.8 Å². The van der Waals surface area contributed by atoms with Gasteiger partial charge in [0.25, 0.3) is 0 Å². The second-order valence-corrected chi connectivity index (χ2v) is 7.42. The van der Waals surface area contributed by atoms with Gasteiger partial charge in [-0.2, -0.15) is 0 Å². The molecule has 1 aromatic heterocycles. The number of ketones is 1. The predicted molar refractivity (Wildman–Crippen MR) is 116 cm³/mol. The molecule has 3 heterocycles. The van der Waals surface area contributed by atoms with Gasteiger partial charge in [-0.15, -0.1) is 0 Å². The number of methoxy groups -OCH3 is 1. The van der Waals surface area contributed by atoms with Crippen LogP contribution in [-0.2, 0) is 0 Å². The van der Waals surface area contributed by atoms with Crippen molar-refractivity contribution in [1.29, 1.82) is 0 Å². The Kier molecular flexibility index (Phi) is 4.54. The summed E-state index contributed by atoms with van der Waals surface area (Å²) in [6.45, 7) is 1.40. The van der Waals surface area contributed by atoms with Gasteiger partial charge in [0.1, 0.15) is 23.2 Å². The molecule has 0 fully saturated rings. The van der Waals surface area contributed by atoms with E-state index < -0.39 is 0 Å². The lowest BCUT2D eigenvalue weighted by atomic mass is 9.95. The molecule has 2 aliphatic heterocycles. The zero-order valence-corrected chi connectivity index (χ0v) is 16.6. The highest BCUT2D eigenvalue weighted by atomic mass is 19.1. The molecule has 5 nitrogen and oxygen atoms in total. The Labute approximate surface area is 173 Å². The third kappa shape index (κ3) is 3.14. The van der Waals surface area contributed by atoms with Crippen LogP contribution in [-0.4, -0.2) is 36.8 Å². The van der Waals surface area contributed by atoms with Gasteiger partial charge in [0.15, 0.2) is 5.78 Å². The van der Waals surface area contributed by atoms with Gasteiger partial charge in [-0.1, -0.05) is 0 Å². The minimum absolute atomic E-state index is 0.166. The summed E-state index contributed by atoms with van der Waals surface area (Å²) in [5.74, 6) is 1.66. The molecule has 0 saturated heterocycles. The van der Waals surface area contributed by atoms with E-state index in [1.165, 1.54) is 24.3 Å². The number of Topliss-reactive ketones (excluding diaryl/α,β-unsaturated/α-hetero) is 1. The quantitative estimate of drug-likeness (QED) is 0.599. The molecule has 6 heteroatoms. The Morgan fingerprint density at radius 1 is 1.10 bits per heavy atom. The summed E-state index contributed by atoms with van der Waals surface area (Å²) in [5.41, 5.74) is 2.67. The van der Waals surface area contributed by atoms with Crippen LogP contribution >= 0.6 is 0 Å². The average molecular weight is 401 g/mol. The molecule has 0 amide bonds. The molecule has 5 rings (SSSR count). The van der Waals surface area contributed by atoms with Crippen LogP contribution in [0.4, 0.5) is 10.2 Å². The first-order valence-electron chi connectivity index (χ1n) is 9.97. The Morgan fingerprint density at radius 3 is 2.73 bits per heavy atom. The number of pyridine rings is 1. The zero-order valence-electron chi connectivity index (χ0n) is 16.6. The smallest absolute Gasteiger partial charge is 0.196 e. The maximum absolute atomic E-state index is 13.3. The van der Waals surface area contributed by atoms with Gasteiger partial charge in [-0.25, -0.2) is 9.37 Å². The molecule has 3 aromatic rings. The van der Waals surface area contributed by atoms with Gasteiger partial charge in [-0.05, 0) is 61.4 Å². The number of carbonyl (C=O) groups excluding carboxylic acids is 1. The van der Waals surface area contributed by atoms with E-state index in [-0.39, 0.29) is 11.6 Å². The summed E-state index contributed by atoms with van der Waals surface area (Å²) in [6.07, 6.45) is 3.77. The number of hydrogen-bond donors (Lipinski definition) is 0. The van der Waals surface area contributed by atoms with Crippen molar-refractivity contribution in [2.24, 2.45) is 4.99 Å². The molecule has 0 unspecified atom stereocenters. The molecule has 2 aromatic carbocycles. The molecule has 0 N–H and O–H groups in total. The molecule has 30 heavy (non-hydrogen) atoms. The fraction of sp³-hybridized carbons (Fsp3) is 0.208. The normalized spacial score (nSPS) is 15.6. The second-order valence-electron chi connectivity index (χ2n) is 7.42. The molecule has 0 atom stereocenters. The van der Waals surface area contributed by atoms with Crippen LogP contribution in [0.2, 0.25) is 0 Å². The van der Waals surface area contributed by atoms with Crippen molar-refractivity contribution >= 4 is 34.4 Å².